The molecular weight excluding hydrogens is 1100 g/mol. The van der Waals surface area contributed by atoms with Gasteiger partial charge in [0.15, 0.2) is 0 Å². The van der Waals surface area contributed by atoms with Crippen molar-refractivity contribution in [2.45, 2.75) is 380 Å². The molecule has 0 spiro atoms. The smallest absolute Gasteiger partial charge is 0.456 e. The second kappa shape index (κ2) is 66.6. The van der Waals surface area contributed by atoms with Crippen LogP contribution in [-0.2, 0) is 27.9 Å². The molecule has 0 saturated carbocycles. The maximum atomic E-state index is 13.7. The van der Waals surface area contributed by atoms with Crippen LogP contribution in [0.15, 0.2) is 60.8 Å². The summed E-state index contributed by atoms with van der Waals surface area (Å²) in [4.78, 5) is 38.0. The van der Waals surface area contributed by atoms with E-state index in [2.05, 4.69) is 74.7 Å². The van der Waals surface area contributed by atoms with Crippen LogP contribution in [0.4, 0.5) is 0 Å². The van der Waals surface area contributed by atoms with Gasteiger partial charge in [-0.2, -0.15) is 0 Å². The zero-order chi connectivity index (χ0) is 63.5. The van der Waals surface area contributed by atoms with Gasteiger partial charge in [0.25, 0.3) is 0 Å². The molecule has 9 nitrogen and oxygen atoms in total. The highest BCUT2D eigenvalue weighted by atomic mass is 31.2. The Morgan fingerprint density at radius 3 is 1.08 bits per heavy atom. The molecule has 0 saturated heterocycles. The van der Waals surface area contributed by atoms with Gasteiger partial charge in [0.2, 0.25) is 5.91 Å². The van der Waals surface area contributed by atoms with Gasteiger partial charge in [-0.05, 0) is 96.0 Å². The van der Waals surface area contributed by atoms with E-state index in [1.54, 1.807) is 0 Å². The summed E-state index contributed by atoms with van der Waals surface area (Å²) >= 11 is 0. The average molecular weight is 1240 g/mol. The van der Waals surface area contributed by atoms with E-state index in [4.69, 9.17) is 13.8 Å². The topological polar surface area (TPSA) is 111 Å². The van der Waals surface area contributed by atoms with Gasteiger partial charge >= 0.3 is 13.8 Å². The molecule has 0 heterocycles. The third kappa shape index (κ3) is 67.9. The number of esters is 1. The molecule has 0 fully saturated rings. The lowest BCUT2D eigenvalue weighted by Crippen LogP contribution is -2.47. The first-order chi connectivity index (χ1) is 42.4. The second-order valence-corrected chi connectivity index (χ2v) is 28.3. The molecule has 3 atom stereocenters. The number of quaternary nitrogens is 1. The van der Waals surface area contributed by atoms with E-state index in [1.165, 1.54) is 250 Å². The van der Waals surface area contributed by atoms with Gasteiger partial charge in [0.05, 0.1) is 33.8 Å². The fraction of sp³-hybridized carbons (Fsp3) is 0.844. The van der Waals surface area contributed by atoms with Crippen LogP contribution >= 0.6 is 7.82 Å². The molecule has 2 N–H and O–H groups in total. The quantitative estimate of drug-likeness (QED) is 0.0205. The van der Waals surface area contributed by atoms with Crippen LogP contribution in [0, 0.1) is 0 Å². The highest BCUT2D eigenvalue weighted by molar-refractivity contribution is 7.47. The van der Waals surface area contributed by atoms with E-state index in [1.807, 2.05) is 33.3 Å². The van der Waals surface area contributed by atoms with Gasteiger partial charge in [-0.15, -0.1) is 0 Å². The van der Waals surface area contributed by atoms with Crippen LogP contribution in [0.1, 0.15) is 367 Å². The van der Waals surface area contributed by atoms with Crippen molar-refractivity contribution in [3.8, 4) is 0 Å². The lowest BCUT2D eigenvalue weighted by molar-refractivity contribution is -0.870. The zero-order valence-electron chi connectivity index (χ0n) is 58.5. The van der Waals surface area contributed by atoms with Crippen LogP contribution < -0.4 is 5.32 Å². The molecule has 0 aliphatic rings. The molecule has 510 valence electrons. The molecule has 10 heteroatoms. The highest BCUT2D eigenvalue weighted by Crippen LogP contribution is 2.43. The first kappa shape index (κ1) is 84.7. The van der Waals surface area contributed by atoms with Crippen LogP contribution in [0.3, 0.4) is 0 Å². The van der Waals surface area contributed by atoms with E-state index >= 15 is 0 Å². The number of phosphoric ester groups is 1. The number of nitrogens with one attached hydrogen (secondary N) is 1. The molecule has 0 bridgehead atoms. The number of allylic oxidation sites excluding steroid dienone is 9. The van der Waals surface area contributed by atoms with E-state index in [-0.39, 0.29) is 31.5 Å². The lowest BCUT2D eigenvalue weighted by Gasteiger charge is -2.27. The number of ether oxygens (including phenoxy) is 1. The summed E-state index contributed by atoms with van der Waals surface area (Å²) in [7, 11) is 1.50. The molecule has 0 aromatic carbocycles. The standard InChI is InChI=1S/C77H145N2O7P/c1-7-10-13-16-19-22-25-28-30-32-34-36-37-38-39-40-41-43-44-46-48-51-54-57-60-63-66-69-76(80)78-74(73-85-87(82,83)84-72-71-79(4,5)6)75(68-65-62-59-56-53-50-27-24-21-18-15-12-9-3)86-77(81)70-67-64-61-58-55-52-49-47-45-42-35-33-31-29-26-23-20-17-14-11-8-2/h20,23,28-31,35,42,65,68,74-75H,7-19,21-22,24-27,32-34,36-41,43-64,66-67,69-73H2,1-6H3,(H-,78,80,82,83)/p+1/b23-20-,30-28+,31-29-,42-35-,68-65-. The first-order valence-electron chi connectivity index (χ1n) is 37.6. The number of carbonyl (C=O) groups excluding carboxylic acids is 2. The second-order valence-electron chi connectivity index (χ2n) is 26.8. The van der Waals surface area contributed by atoms with Crippen molar-refractivity contribution in [2.24, 2.45) is 0 Å². The molecule has 3 unspecified atom stereocenters. The zero-order valence-corrected chi connectivity index (χ0v) is 59.4. The number of carbonyl (C=O) groups is 2. The summed E-state index contributed by atoms with van der Waals surface area (Å²) in [6, 6.07) is -0.853. The van der Waals surface area contributed by atoms with Gasteiger partial charge < -0.3 is 19.4 Å². The summed E-state index contributed by atoms with van der Waals surface area (Å²) in [6.45, 7) is 7.03. The monoisotopic (exact) mass is 1240 g/mol. The molecule has 0 aromatic heterocycles. The van der Waals surface area contributed by atoms with Crippen molar-refractivity contribution in [2.75, 3.05) is 40.9 Å². The van der Waals surface area contributed by atoms with Gasteiger partial charge in [-0.1, -0.05) is 319 Å². The van der Waals surface area contributed by atoms with E-state index in [9.17, 15) is 19.0 Å². The Labute approximate surface area is 541 Å². The third-order valence-electron chi connectivity index (χ3n) is 16.9. The molecule has 87 heavy (non-hydrogen) atoms. The minimum Gasteiger partial charge on any atom is -0.456 e. The molecular formula is C77H146N2O7P+. The van der Waals surface area contributed by atoms with Crippen LogP contribution in [0.25, 0.3) is 0 Å². The molecule has 0 radical (unpaired) electrons. The fourth-order valence-corrected chi connectivity index (χ4v) is 11.9. The van der Waals surface area contributed by atoms with Gasteiger partial charge in [0.1, 0.15) is 19.3 Å². The largest absolute Gasteiger partial charge is 0.472 e. The number of rotatable bonds is 69. The maximum Gasteiger partial charge on any atom is 0.472 e. The Hall–Kier alpha value is -2.29. The number of phosphoric acid groups is 1. The van der Waals surface area contributed by atoms with Crippen LogP contribution in [0.2, 0.25) is 0 Å². The maximum absolute atomic E-state index is 13.7. The van der Waals surface area contributed by atoms with Gasteiger partial charge in [-0.3, -0.25) is 18.6 Å². The van der Waals surface area contributed by atoms with Crippen LogP contribution in [-0.4, -0.2) is 74.3 Å². The summed E-state index contributed by atoms with van der Waals surface area (Å²) in [6.07, 6.45) is 86.7. The summed E-state index contributed by atoms with van der Waals surface area (Å²) < 4.78 is 30.9. The lowest BCUT2D eigenvalue weighted by atomic mass is 10.0. The summed E-state index contributed by atoms with van der Waals surface area (Å²) in [5.41, 5.74) is 0. The predicted molar refractivity (Wildman–Crippen MR) is 378 cm³/mol. The number of likely N-dealkylation sites (N-methyl/N-ethyl adjacent to an activating group) is 1. The first-order valence-corrected chi connectivity index (χ1v) is 39.1. The molecule has 1 amide bonds. The average Bonchev–Trinajstić information content (AvgIpc) is 3.70. The minimum absolute atomic E-state index is 0.0395. The Balaban J connectivity index is 5.02. The van der Waals surface area contributed by atoms with Gasteiger partial charge in [0, 0.05) is 12.8 Å². The third-order valence-corrected chi connectivity index (χ3v) is 17.9. The molecule has 0 rings (SSSR count). The van der Waals surface area contributed by atoms with Crippen molar-refractivity contribution in [1.29, 1.82) is 0 Å². The van der Waals surface area contributed by atoms with Crippen molar-refractivity contribution in [3.63, 3.8) is 0 Å². The fourth-order valence-electron chi connectivity index (χ4n) is 11.1. The molecule has 0 aromatic rings. The minimum atomic E-state index is -4.46. The summed E-state index contributed by atoms with van der Waals surface area (Å²) in [5.74, 6) is -0.497. The Morgan fingerprint density at radius 2 is 0.701 bits per heavy atom. The van der Waals surface area contributed by atoms with E-state index in [0.29, 0.717) is 17.4 Å². The van der Waals surface area contributed by atoms with Crippen LogP contribution in [0.5, 0.6) is 0 Å². The van der Waals surface area contributed by atoms with E-state index in [0.717, 1.165) is 83.5 Å². The normalized spacial score (nSPS) is 13.8. The molecule has 0 aliphatic heterocycles. The number of unbranched alkanes of at least 4 members (excludes halogenated alkanes) is 45. The van der Waals surface area contributed by atoms with Crippen molar-refractivity contribution in [1.82, 2.24) is 5.32 Å². The number of nitrogens with zero attached hydrogens (tertiary/aromatic N) is 1. The predicted octanol–water partition coefficient (Wildman–Crippen LogP) is 24.1. The Kier molecular flexibility index (Phi) is 64.9. The SMILES string of the molecule is CCCCC/C=C\C/C=C\C/C=C\CCCCCCCCCCC(=O)OC(/C=C\CCCCCCCCCCCCC)C(COP(=O)(O)OCC[N+](C)(C)C)NC(=O)CCCCCCCCCCCCCCCCCCC/C=C/CCCCCCCC. The number of amides is 1. The number of hydrogen-bond donors (Lipinski definition) is 2. The van der Waals surface area contributed by atoms with Crippen molar-refractivity contribution >= 4 is 19.7 Å². The Bertz CT molecular complexity index is 1670. The number of hydrogen-bond acceptors (Lipinski definition) is 6. The Morgan fingerprint density at radius 1 is 0.402 bits per heavy atom. The summed E-state index contributed by atoms with van der Waals surface area (Å²) in [5, 5.41) is 3.08. The molecule has 0 aliphatic carbocycles. The van der Waals surface area contributed by atoms with Crippen molar-refractivity contribution < 1.29 is 37.3 Å². The highest BCUT2D eigenvalue weighted by Gasteiger charge is 2.30. The van der Waals surface area contributed by atoms with Crippen molar-refractivity contribution in [3.05, 3.63) is 60.8 Å². The van der Waals surface area contributed by atoms with E-state index < -0.39 is 20.0 Å². The van der Waals surface area contributed by atoms with Gasteiger partial charge in [-0.25, -0.2) is 4.57 Å².